The Labute approximate surface area is 108 Å². The van der Waals surface area contributed by atoms with Crippen LogP contribution in [-0.4, -0.2) is 15.6 Å². The Hall–Kier alpha value is -1.61. The van der Waals surface area contributed by atoms with Crippen LogP contribution in [0.1, 0.15) is 29.9 Å². The van der Waals surface area contributed by atoms with E-state index in [4.69, 9.17) is 0 Å². The number of imidazole rings is 1. The van der Waals surface area contributed by atoms with E-state index >= 15 is 0 Å². The normalized spacial score (nSPS) is 16.8. The largest absolute Gasteiger partial charge is 0.337 e. The third-order valence-corrected chi connectivity index (χ3v) is 3.78. The van der Waals surface area contributed by atoms with Crippen molar-refractivity contribution in [2.75, 3.05) is 0 Å². The lowest BCUT2D eigenvalue weighted by Crippen LogP contribution is -2.33. The van der Waals surface area contributed by atoms with Gasteiger partial charge in [-0.15, -0.1) is 0 Å². The van der Waals surface area contributed by atoms with Crippen LogP contribution in [0.5, 0.6) is 0 Å². The van der Waals surface area contributed by atoms with Crippen LogP contribution in [0, 0.1) is 0 Å². The van der Waals surface area contributed by atoms with Crippen LogP contribution in [0.2, 0.25) is 0 Å². The second-order valence-electron chi connectivity index (χ2n) is 5.16. The van der Waals surface area contributed by atoms with Gasteiger partial charge in [0, 0.05) is 25.5 Å². The molecule has 1 heterocycles. The first-order chi connectivity index (χ1) is 8.74. The van der Waals surface area contributed by atoms with Crippen molar-refractivity contribution in [3.63, 3.8) is 0 Å². The van der Waals surface area contributed by atoms with E-state index in [2.05, 4.69) is 46.1 Å². The number of hydrogen-bond donors (Lipinski definition) is 1. The zero-order chi connectivity index (χ0) is 12.5. The summed E-state index contributed by atoms with van der Waals surface area (Å²) in [5, 5.41) is 3.69. The topological polar surface area (TPSA) is 29.9 Å². The van der Waals surface area contributed by atoms with E-state index in [1.54, 1.807) is 0 Å². The number of rotatable bonds is 3. The molecule has 0 radical (unpaired) electrons. The van der Waals surface area contributed by atoms with E-state index in [-0.39, 0.29) is 0 Å². The molecule has 0 bridgehead atoms. The fraction of sp³-hybridized carbons (Fsp3) is 0.400. The Kier molecular flexibility index (Phi) is 2.92. The first-order valence-electron chi connectivity index (χ1n) is 6.54. The highest BCUT2D eigenvalue weighted by molar-refractivity contribution is 5.33. The van der Waals surface area contributed by atoms with Crippen LogP contribution in [0.4, 0.5) is 0 Å². The predicted octanol–water partition coefficient (Wildman–Crippen LogP) is 2.24. The molecule has 0 saturated heterocycles. The molecule has 0 amide bonds. The summed E-state index contributed by atoms with van der Waals surface area (Å²) in [6.45, 7) is 2.19. The SMILES string of the molecule is CC(NC1Cc2ccccc2C1)c1nccn1C. The minimum Gasteiger partial charge on any atom is -0.337 e. The van der Waals surface area contributed by atoms with Crippen molar-refractivity contribution < 1.29 is 0 Å². The molecule has 0 spiro atoms. The van der Waals surface area contributed by atoms with E-state index in [9.17, 15) is 0 Å². The Bertz CT molecular complexity index is 519. The Morgan fingerprint density at radius 3 is 2.50 bits per heavy atom. The van der Waals surface area contributed by atoms with Gasteiger partial charge in [0.2, 0.25) is 0 Å². The van der Waals surface area contributed by atoms with Crippen molar-refractivity contribution in [3.05, 3.63) is 53.6 Å². The smallest absolute Gasteiger partial charge is 0.125 e. The molecule has 1 atom stereocenters. The minimum absolute atomic E-state index is 0.296. The minimum atomic E-state index is 0.296. The molecule has 3 rings (SSSR count). The average molecular weight is 241 g/mol. The van der Waals surface area contributed by atoms with Crippen LogP contribution >= 0.6 is 0 Å². The molecule has 3 heteroatoms. The molecule has 0 fully saturated rings. The van der Waals surface area contributed by atoms with E-state index in [0.717, 1.165) is 18.7 Å². The van der Waals surface area contributed by atoms with Gasteiger partial charge in [0.1, 0.15) is 5.82 Å². The molecular formula is C15H19N3. The van der Waals surface area contributed by atoms with Gasteiger partial charge >= 0.3 is 0 Å². The third kappa shape index (κ3) is 2.06. The summed E-state index contributed by atoms with van der Waals surface area (Å²) >= 11 is 0. The molecule has 94 valence electrons. The molecule has 18 heavy (non-hydrogen) atoms. The maximum absolute atomic E-state index is 4.41. The lowest BCUT2D eigenvalue weighted by molar-refractivity contribution is 0.445. The lowest BCUT2D eigenvalue weighted by atomic mass is 10.1. The highest BCUT2D eigenvalue weighted by Crippen LogP contribution is 2.23. The Morgan fingerprint density at radius 2 is 1.94 bits per heavy atom. The van der Waals surface area contributed by atoms with Crippen molar-refractivity contribution in [1.29, 1.82) is 0 Å². The summed E-state index contributed by atoms with van der Waals surface area (Å²) in [7, 11) is 2.05. The predicted molar refractivity (Wildman–Crippen MR) is 72.4 cm³/mol. The van der Waals surface area contributed by atoms with Crippen LogP contribution in [0.15, 0.2) is 36.7 Å². The number of aromatic nitrogens is 2. The summed E-state index contributed by atoms with van der Waals surface area (Å²) in [6.07, 6.45) is 6.11. The maximum atomic E-state index is 4.41. The molecule has 0 saturated carbocycles. The standard InChI is InChI=1S/C15H19N3/c1-11(15-16-7-8-18(15)2)17-14-9-12-5-3-4-6-13(12)10-14/h3-8,11,14,17H,9-10H2,1-2H3. The van der Waals surface area contributed by atoms with Crippen LogP contribution in [-0.2, 0) is 19.9 Å². The molecular weight excluding hydrogens is 222 g/mol. The highest BCUT2D eigenvalue weighted by Gasteiger charge is 2.23. The summed E-state index contributed by atoms with van der Waals surface area (Å²) in [5.41, 5.74) is 2.98. The van der Waals surface area contributed by atoms with E-state index in [0.29, 0.717) is 12.1 Å². The molecule has 1 aromatic heterocycles. The molecule has 1 unspecified atom stereocenters. The second-order valence-corrected chi connectivity index (χ2v) is 5.16. The molecule has 2 aromatic rings. The fourth-order valence-corrected chi connectivity index (χ4v) is 2.90. The number of fused-ring (bicyclic) bond motifs is 1. The van der Waals surface area contributed by atoms with Crippen LogP contribution < -0.4 is 5.32 Å². The maximum Gasteiger partial charge on any atom is 0.125 e. The Balaban J connectivity index is 1.68. The van der Waals surface area contributed by atoms with Gasteiger partial charge < -0.3 is 9.88 Å². The van der Waals surface area contributed by atoms with E-state index in [1.165, 1.54) is 11.1 Å². The fourth-order valence-electron chi connectivity index (χ4n) is 2.90. The number of hydrogen-bond acceptors (Lipinski definition) is 2. The van der Waals surface area contributed by atoms with Crippen molar-refractivity contribution in [2.45, 2.75) is 31.8 Å². The molecule has 0 aliphatic heterocycles. The first kappa shape index (κ1) is 11.5. The summed E-state index contributed by atoms with van der Waals surface area (Å²) in [5.74, 6) is 1.10. The van der Waals surface area contributed by atoms with E-state index < -0.39 is 0 Å². The van der Waals surface area contributed by atoms with Crippen molar-refractivity contribution in [1.82, 2.24) is 14.9 Å². The molecule has 1 aliphatic carbocycles. The van der Waals surface area contributed by atoms with Gasteiger partial charge in [-0.2, -0.15) is 0 Å². The second kappa shape index (κ2) is 4.58. The zero-order valence-electron chi connectivity index (χ0n) is 10.9. The van der Waals surface area contributed by atoms with Gasteiger partial charge in [-0.25, -0.2) is 4.98 Å². The van der Waals surface area contributed by atoms with Gasteiger partial charge in [0.15, 0.2) is 0 Å². The lowest BCUT2D eigenvalue weighted by Gasteiger charge is -2.18. The first-order valence-corrected chi connectivity index (χ1v) is 6.54. The highest BCUT2D eigenvalue weighted by atomic mass is 15.1. The molecule has 1 N–H and O–H groups in total. The number of nitrogens with one attached hydrogen (secondary N) is 1. The molecule has 1 aliphatic rings. The number of benzene rings is 1. The average Bonchev–Trinajstić information content (AvgIpc) is 2.94. The zero-order valence-corrected chi connectivity index (χ0v) is 10.9. The van der Waals surface area contributed by atoms with Crippen molar-refractivity contribution >= 4 is 0 Å². The van der Waals surface area contributed by atoms with Gasteiger partial charge in [0.25, 0.3) is 0 Å². The van der Waals surface area contributed by atoms with Gasteiger partial charge in [-0.1, -0.05) is 24.3 Å². The molecule has 1 aromatic carbocycles. The van der Waals surface area contributed by atoms with Gasteiger partial charge in [0.05, 0.1) is 6.04 Å². The van der Waals surface area contributed by atoms with Crippen molar-refractivity contribution in [2.24, 2.45) is 7.05 Å². The van der Waals surface area contributed by atoms with Crippen LogP contribution in [0.25, 0.3) is 0 Å². The van der Waals surface area contributed by atoms with Gasteiger partial charge in [-0.05, 0) is 30.9 Å². The number of nitrogens with zero attached hydrogens (tertiary/aromatic N) is 2. The third-order valence-electron chi connectivity index (χ3n) is 3.78. The monoisotopic (exact) mass is 241 g/mol. The van der Waals surface area contributed by atoms with E-state index in [1.807, 2.05) is 19.4 Å². The summed E-state index contributed by atoms with van der Waals surface area (Å²) in [4.78, 5) is 4.41. The Morgan fingerprint density at radius 1 is 1.28 bits per heavy atom. The summed E-state index contributed by atoms with van der Waals surface area (Å²) in [6, 6.07) is 9.57. The summed E-state index contributed by atoms with van der Waals surface area (Å²) < 4.78 is 2.08. The van der Waals surface area contributed by atoms with Crippen LogP contribution in [0.3, 0.4) is 0 Å². The number of aryl methyl sites for hydroxylation is 1. The quantitative estimate of drug-likeness (QED) is 0.893. The molecule has 3 nitrogen and oxygen atoms in total. The van der Waals surface area contributed by atoms with Crippen molar-refractivity contribution in [3.8, 4) is 0 Å². The van der Waals surface area contributed by atoms with Gasteiger partial charge in [-0.3, -0.25) is 0 Å².